The summed E-state index contributed by atoms with van der Waals surface area (Å²) in [6.07, 6.45) is 5.03. The number of hydrogen-bond donors (Lipinski definition) is 1. The van der Waals surface area contributed by atoms with Crippen LogP contribution in [0.1, 0.15) is 39.0 Å². The highest BCUT2D eigenvalue weighted by Gasteiger charge is 2.23. The lowest BCUT2D eigenvalue weighted by molar-refractivity contribution is 0.412. The maximum absolute atomic E-state index is 12.5. The Morgan fingerprint density at radius 2 is 2.00 bits per heavy atom. The molecule has 0 unspecified atom stereocenters. The average Bonchev–Trinajstić information content (AvgIpc) is 2.82. The first kappa shape index (κ1) is 15.3. The molecule has 1 saturated carbocycles. The van der Waals surface area contributed by atoms with Gasteiger partial charge >= 0.3 is 5.76 Å². The zero-order chi connectivity index (χ0) is 15.7. The summed E-state index contributed by atoms with van der Waals surface area (Å²) in [4.78, 5) is 11.8. The number of aryl methyl sites for hydroxylation is 1. The van der Waals surface area contributed by atoms with Crippen LogP contribution in [0.3, 0.4) is 0 Å². The van der Waals surface area contributed by atoms with Crippen molar-refractivity contribution in [3.8, 4) is 0 Å². The smallest absolute Gasteiger partial charge is 0.408 e. The second kappa shape index (κ2) is 5.89. The van der Waals surface area contributed by atoms with Gasteiger partial charge in [0.05, 0.1) is 10.4 Å². The molecule has 1 aliphatic carbocycles. The van der Waals surface area contributed by atoms with E-state index < -0.39 is 15.8 Å². The third kappa shape index (κ3) is 2.83. The van der Waals surface area contributed by atoms with E-state index in [1.165, 1.54) is 23.1 Å². The van der Waals surface area contributed by atoms with Crippen molar-refractivity contribution in [1.29, 1.82) is 0 Å². The van der Waals surface area contributed by atoms with Gasteiger partial charge in [-0.2, -0.15) is 0 Å². The van der Waals surface area contributed by atoms with Gasteiger partial charge < -0.3 is 4.42 Å². The molecule has 1 aromatic heterocycles. The van der Waals surface area contributed by atoms with E-state index in [-0.39, 0.29) is 10.9 Å². The number of aromatic nitrogens is 1. The third-order valence-electron chi connectivity index (χ3n) is 4.19. The summed E-state index contributed by atoms with van der Waals surface area (Å²) in [5.41, 5.74) is 0.919. The van der Waals surface area contributed by atoms with Crippen molar-refractivity contribution < 1.29 is 12.8 Å². The highest BCUT2D eigenvalue weighted by molar-refractivity contribution is 7.89. The van der Waals surface area contributed by atoms with E-state index in [1.807, 2.05) is 6.92 Å². The van der Waals surface area contributed by atoms with Gasteiger partial charge in [-0.05, 0) is 31.9 Å². The molecule has 0 aliphatic heterocycles. The quantitative estimate of drug-likeness (QED) is 0.935. The van der Waals surface area contributed by atoms with Crippen LogP contribution >= 0.6 is 0 Å². The molecule has 1 aromatic carbocycles. The average molecular weight is 324 g/mol. The maximum atomic E-state index is 12.5. The first-order valence-corrected chi connectivity index (χ1v) is 9.15. The Morgan fingerprint density at radius 3 is 2.68 bits per heavy atom. The van der Waals surface area contributed by atoms with Crippen LogP contribution < -0.4 is 10.5 Å². The molecule has 1 aliphatic rings. The molecule has 3 rings (SSSR count). The van der Waals surface area contributed by atoms with Crippen molar-refractivity contribution in [1.82, 2.24) is 9.29 Å². The number of oxazole rings is 1. The topological polar surface area (TPSA) is 81.3 Å². The van der Waals surface area contributed by atoms with Crippen LogP contribution in [0.15, 0.2) is 32.3 Å². The summed E-state index contributed by atoms with van der Waals surface area (Å²) in [6.45, 7) is 2.32. The molecule has 6 nitrogen and oxygen atoms in total. The van der Waals surface area contributed by atoms with Crippen molar-refractivity contribution in [2.24, 2.45) is 0 Å². The van der Waals surface area contributed by atoms with Crippen molar-refractivity contribution in [3.63, 3.8) is 0 Å². The molecule has 120 valence electrons. The fraction of sp³-hybridized carbons (Fsp3) is 0.533. The van der Waals surface area contributed by atoms with Gasteiger partial charge in [-0.15, -0.1) is 0 Å². The number of rotatable bonds is 4. The van der Waals surface area contributed by atoms with Gasteiger partial charge in [-0.25, -0.2) is 17.9 Å². The first-order valence-electron chi connectivity index (χ1n) is 7.67. The lowest BCUT2D eigenvalue weighted by Gasteiger charge is -2.22. The lowest BCUT2D eigenvalue weighted by Crippen LogP contribution is -2.36. The minimum absolute atomic E-state index is 0.00157. The largest absolute Gasteiger partial charge is 0.419 e. The first-order chi connectivity index (χ1) is 10.5. The second-order valence-corrected chi connectivity index (χ2v) is 7.41. The molecule has 0 amide bonds. The lowest BCUT2D eigenvalue weighted by atomic mass is 9.96. The molecule has 0 bridgehead atoms. The van der Waals surface area contributed by atoms with Crippen LogP contribution in [0.5, 0.6) is 0 Å². The maximum Gasteiger partial charge on any atom is 0.419 e. The number of sulfonamides is 1. The van der Waals surface area contributed by atoms with Crippen LogP contribution in [-0.4, -0.2) is 19.0 Å². The third-order valence-corrected chi connectivity index (χ3v) is 5.71. The Bertz CT molecular complexity index is 829. The molecular formula is C15H20N2O4S. The molecule has 0 saturated heterocycles. The Hall–Kier alpha value is -1.60. The zero-order valence-corrected chi connectivity index (χ0v) is 13.4. The van der Waals surface area contributed by atoms with Crippen LogP contribution in [-0.2, 0) is 16.6 Å². The van der Waals surface area contributed by atoms with Crippen molar-refractivity contribution in [2.75, 3.05) is 0 Å². The SMILES string of the molecule is CCn1c(=O)oc2cc(S(=O)(=O)NC3CCCCC3)ccc21. The van der Waals surface area contributed by atoms with Crippen molar-refractivity contribution in [2.45, 2.75) is 56.5 Å². The van der Waals surface area contributed by atoms with Crippen LogP contribution in [0.4, 0.5) is 0 Å². The van der Waals surface area contributed by atoms with Gasteiger partial charge in [0.25, 0.3) is 0 Å². The number of nitrogens with zero attached hydrogens (tertiary/aromatic N) is 1. The molecule has 2 aromatic rings. The highest BCUT2D eigenvalue weighted by atomic mass is 32.2. The molecule has 22 heavy (non-hydrogen) atoms. The Balaban J connectivity index is 1.93. The number of hydrogen-bond acceptors (Lipinski definition) is 4. The molecule has 0 atom stereocenters. The summed E-state index contributed by atoms with van der Waals surface area (Å²) in [6, 6.07) is 4.57. The standard InChI is InChI=1S/C15H20N2O4S/c1-2-17-13-9-8-12(10-14(13)21-15(17)18)22(19,20)16-11-6-4-3-5-7-11/h8-11,16H,2-7H2,1H3. The fourth-order valence-corrected chi connectivity index (χ4v) is 4.34. The molecule has 1 fully saturated rings. The summed E-state index contributed by atoms with van der Waals surface area (Å²) in [5.74, 6) is -0.465. The van der Waals surface area contributed by atoms with E-state index in [2.05, 4.69) is 4.72 Å². The molecule has 0 spiro atoms. The van der Waals surface area contributed by atoms with Crippen molar-refractivity contribution >= 4 is 21.1 Å². The van der Waals surface area contributed by atoms with E-state index in [0.717, 1.165) is 25.7 Å². The molecule has 1 N–H and O–H groups in total. The Labute approximate surface area is 129 Å². The Morgan fingerprint density at radius 1 is 1.27 bits per heavy atom. The van der Waals surface area contributed by atoms with E-state index in [1.54, 1.807) is 6.07 Å². The normalized spacial score (nSPS) is 17.1. The van der Waals surface area contributed by atoms with E-state index in [9.17, 15) is 13.2 Å². The number of fused-ring (bicyclic) bond motifs is 1. The van der Waals surface area contributed by atoms with Crippen molar-refractivity contribution in [3.05, 3.63) is 28.7 Å². The zero-order valence-electron chi connectivity index (χ0n) is 12.5. The minimum atomic E-state index is -3.58. The monoisotopic (exact) mass is 324 g/mol. The summed E-state index contributed by atoms with van der Waals surface area (Å²) in [5, 5.41) is 0. The number of nitrogens with one attached hydrogen (secondary N) is 1. The van der Waals surface area contributed by atoms with E-state index in [4.69, 9.17) is 4.42 Å². The highest BCUT2D eigenvalue weighted by Crippen LogP contribution is 2.22. The van der Waals surface area contributed by atoms with E-state index in [0.29, 0.717) is 17.6 Å². The van der Waals surface area contributed by atoms with Gasteiger partial charge in [0.1, 0.15) is 0 Å². The van der Waals surface area contributed by atoms with Crippen LogP contribution in [0.25, 0.3) is 11.1 Å². The molecule has 1 heterocycles. The molecule has 0 radical (unpaired) electrons. The van der Waals surface area contributed by atoms with Crippen LogP contribution in [0.2, 0.25) is 0 Å². The fourth-order valence-electron chi connectivity index (χ4n) is 3.02. The second-order valence-electron chi connectivity index (χ2n) is 5.70. The van der Waals surface area contributed by atoms with Gasteiger partial charge in [0.15, 0.2) is 5.58 Å². The summed E-state index contributed by atoms with van der Waals surface area (Å²) in [7, 11) is -3.58. The minimum Gasteiger partial charge on any atom is -0.408 e. The Kier molecular flexibility index (Phi) is 4.10. The predicted octanol–water partition coefficient (Wildman–Crippen LogP) is 2.23. The van der Waals surface area contributed by atoms with Gasteiger partial charge in [-0.1, -0.05) is 19.3 Å². The molecule has 7 heteroatoms. The van der Waals surface area contributed by atoms with Gasteiger partial charge in [-0.3, -0.25) is 4.57 Å². The van der Waals surface area contributed by atoms with Gasteiger partial charge in [0, 0.05) is 18.7 Å². The van der Waals surface area contributed by atoms with Gasteiger partial charge in [0.2, 0.25) is 10.0 Å². The summed E-state index contributed by atoms with van der Waals surface area (Å²) >= 11 is 0. The molecular weight excluding hydrogens is 304 g/mol. The predicted molar refractivity (Wildman–Crippen MR) is 83.3 cm³/mol. The number of benzene rings is 1. The summed E-state index contributed by atoms with van der Waals surface area (Å²) < 4.78 is 34.3. The van der Waals surface area contributed by atoms with E-state index >= 15 is 0 Å². The van der Waals surface area contributed by atoms with Crippen LogP contribution in [0, 0.1) is 0 Å².